The zero-order valence-electron chi connectivity index (χ0n) is 10.7. The Hall–Kier alpha value is -2.28. The Bertz CT molecular complexity index is 661. The SMILES string of the molecule is COc1cc(Nc2nc(C(N)=O)ccc2N)ccc1Br. The highest BCUT2D eigenvalue weighted by Crippen LogP contribution is 2.30. The second kappa shape index (κ2) is 5.79. The Morgan fingerprint density at radius 2 is 2.10 bits per heavy atom. The van der Waals surface area contributed by atoms with Gasteiger partial charge >= 0.3 is 0 Å². The topological polar surface area (TPSA) is 103 Å². The lowest BCUT2D eigenvalue weighted by atomic mass is 10.2. The Labute approximate surface area is 124 Å². The maximum Gasteiger partial charge on any atom is 0.267 e. The third kappa shape index (κ3) is 3.00. The number of halogens is 1. The molecule has 0 spiro atoms. The van der Waals surface area contributed by atoms with E-state index >= 15 is 0 Å². The molecule has 0 radical (unpaired) electrons. The lowest BCUT2D eigenvalue weighted by molar-refractivity contribution is 0.0996. The van der Waals surface area contributed by atoms with E-state index in [9.17, 15) is 4.79 Å². The van der Waals surface area contributed by atoms with E-state index in [-0.39, 0.29) is 5.69 Å². The van der Waals surface area contributed by atoms with Crippen molar-refractivity contribution < 1.29 is 9.53 Å². The Kier molecular flexibility index (Phi) is 4.09. The number of nitrogens with two attached hydrogens (primary N) is 2. The quantitative estimate of drug-likeness (QED) is 0.794. The van der Waals surface area contributed by atoms with Crippen LogP contribution in [0, 0.1) is 0 Å². The highest BCUT2D eigenvalue weighted by Gasteiger charge is 2.08. The molecular formula is C13H13BrN4O2. The number of carbonyl (C=O) groups is 1. The number of anilines is 3. The van der Waals surface area contributed by atoms with Gasteiger partial charge in [0.25, 0.3) is 5.91 Å². The van der Waals surface area contributed by atoms with Gasteiger partial charge in [0.1, 0.15) is 11.4 Å². The fraction of sp³-hybridized carbons (Fsp3) is 0.0769. The molecule has 7 heteroatoms. The molecule has 104 valence electrons. The maximum absolute atomic E-state index is 11.1. The van der Waals surface area contributed by atoms with Crippen molar-refractivity contribution in [3.05, 3.63) is 40.5 Å². The third-order valence-electron chi connectivity index (χ3n) is 2.59. The van der Waals surface area contributed by atoms with Crippen LogP contribution in [0.5, 0.6) is 5.75 Å². The van der Waals surface area contributed by atoms with Crippen LogP contribution >= 0.6 is 15.9 Å². The number of carbonyl (C=O) groups excluding carboxylic acids is 1. The standard InChI is InChI=1S/C13H13BrN4O2/c1-20-11-6-7(2-3-8(11)14)17-13-9(15)4-5-10(18-13)12(16)19/h2-6H,15H2,1H3,(H2,16,19)(H,17,18). The number of nitrogens with one attached hydrogen (secondary N) is 1. The van der Waals surface area contributed by atoms with E-state index in [4.69, 9.17) is 16.2 Å². The first-order valence-electron chi connectivity index (χ1n) is 5.68. The number of primary amides is 1. The van der Waals surface area contributed by atoms with Crippen LogP contribution in [-0.4, -0.2) is 18.0 Å². The fourth-order valence-electron chi connectivity index (χ4n) is 1.58. The molecule has 0 saturated carbocycles. The molecule has 0 fully saturated rings. The summed E-state index contributed by atoms with van der Waals surface area (Å²) < 4.78 is 6.03. The molecule has 1 aromatic heterocycles. The Morgan fingerprint density at radius 1 is 1.35 bits per heavy atom. The first-order valence-corrected chi connectivity index (χ1v) is 6.47. The zero-order chi connectivity index (χ0) is 14.7. The molecule has 1 aromatic carbocycles. The molecular weight excluding hydrogens is 324 g/mol. The smallest absolute Gasteiger partial charge is 0.267 e. The van der Waals surface area contributed by atoms with Gasteiger partial charge in [0.05, 0.1) is 17.3 Å². The van der Waals surface area contributed by atoms with E-state index in [0.717, 1.165) is 10.2 Å². The molecule has 2 rings (SSSR count). The number of rotatable bonds is 4. The molecule has 0 aliphatic rings. The van der Waals surface area contributed by atoms with Crippen molar-refractivity contribution in [2.24, 2.45) is 5.73 Å². The van der Waals surface area contributed by atoms with E-state index in [1.54, 1.807) is 19.2 Å². The molecule has 0 aliphatic heterocycles. The van der Waals surface area contributed by atoms with Gasteiger partial charge in [-0.2, -0.15) is 0 Å². The van der Waals surface area contributed by atoms with Gasteiger partial charge in [0.15, 0.2) is 5.82 Å². The molecule has 0 bridgehead atoms. The van der Waals surface area contributed by atoms with Gasteiger partial charge in [0.2, 0.25) is 0 Å². The van der Waals surface area contributed by atoms with Crippen LogP contribution in [0.3, 0.4) is 0 Å². The molecule has 20 heavy (non-hydrogen) atoms. The second-order valence-electron chi connectivity index (χ2n) is 3.97. The van der Waals surface area contributed by atoms with Gasteiger partial charge in [-0.1, -0.05) is 0 Å². The first kappa shape index (κ1) is 14.1. The molecule has 6 nitrogen and oxygen atoms in total. The number of aromatic nitrogens is 1. The summed E-state index contributed by atoms with van der Waals surface area (Å²) >= 11 is 3.37. The molecule has 5 N–H and O–H groups in total. The lowest BCUT2D eigenvalue weighted by Gasteiger charge is -2.11. The van der Waals surface area contributed by atoms with Crippen molar-refractivity contribution in [3.8, 4) is 5.75 Å². The van der Waals surface area contributed by atoms with Gasteiger partial charge in [-0.05, 0) is 40.2 Å². The number of amides is 1. The van der Waals surface area contributed by atoms with Gasteiger partial charge in [-0.15, -0.1) is 0 Å². The van der Waals surface area contributed by atoms with E-state index in [1.165, 1.54) is 6.07 Å². The first-order chi connectivity index (χ1) is 9.51. The molecule has 0 saturated heterocycles. The van der Waals surface area contributed by atoms with Gasteiger partial charge in [-0.25, -0.2) is 4.98 Å². The third-order valence-corrected chi connectivity index (χ3v) is 3.25. The Balaban J connectivity index is 2.34. The van der Waals surface area contributed by atoms with Crippen molar-refractivity contribution in [3.63, 3.8) is 0 Å². The number of nitrogen functional groups attached to an aromatic ring is 1. The number of hydrogen-bond donors (Lipinski definition) is 3. The number of ether oxygens (including phenoxy) is 1. The predicted octanol–water partition coefficient (Wildman–Crippen LogP) is 2.28. The van der Waals surface area contributed by atoms with E-state index in [0.29, 0.717) is 17.3 Å². The summed E-state index contributed by atoms with van der Waals surface area (Å²) in [5.41, 5.74) is 12.3. The monoisotopic (exact) mass is 336 g/mol. The van der Waals surface area contributed by atoms with Gasteiger partial charge in [-0.3, -0.25) is 4.79 Å². The number of pyridine rings is 1. The lowest BCUT2D eigenvalue weighted by Crippen LogP contribution is -2.14. The fourth-order valence-corrected chi connectivity index (χ4v) is 1.99. The van der Waals surface area contributed by atoms with E-state index in [2.05, 4.69) is 26.2 Å². The van der Waals surface area contributed by atoms with Crippen LogP contribution in [0.25, 0.3) is 0 Å². The summed E-state index contributed by atoms with van der Waals surface area (Å²) in [6, 6.07) is 8.48. The average molecular weight is 337 g/mol. The molecule has 2 aromatic rings. The van der Waals surface area contributed by atoms with Crippen LogP contribution in [0.1, 0.15) is 10.5 Å². The summed E-state index contributed by atoms with van der Waals surface area (Å²) in [6.07, 6.45) is 0. The second-order valence-corrected chi connectivity index (χ2v) is 4.83. The van der Waals surface area contributed by atoms with Gasteiger partial charge in [0, 0.05) is 11.8 Å². The summed E-state index contributed by atoms with van der Waals surface area (Å²) in [5.74, 6) is 0.423. The van der Waals surface area contributed by atoms with Crippen LogP contribution in [0.4, 0.5) is 17.2 Å². The molecule has 1 amide bonds. The maximum atomic E-state index is 11.1. The number of hydrogen-bond acceptors (Lipinski definition) is 5. The largest absolute Gasteiger partial charge is 0.495 e. The minimum atomic E-state index is -0.610. The summed E-state index contributed by atoms with van der Waals surface area (Å²) in [7, 11) is 1.57. The molecule has 0 unspecified atom stereocenters. The van der Waals surface area contributed by atoms with Crippen molar-refractivity contribution in [1.29, 1.82) is 0 Å². The van der Waals surface area contributed by atoms with Crippen molar-refractivity contribution in [2.45, 2.75) is 0 Å². The van der Waals surface area contributed by atoms with Crippen LogP contribution in [0.2, 0.25) is 0 Å². The normalized spacial score (nSPS) is 10.1. The van der Waals surface area contributed by atoms with E-state index in [1.807, 2.05) is 12.1 Å². The molecule has 1 heterocycles. The summed E-state index contributed by atoms with van der Waals surface area (Å²) in [4.78, 5) is 15.2. The number of nitrogens with zero attached hydrogens (tertiary/aromatic N) is 1. The number of methoxy groups -OCH3 is 1. The van der Waals surface area contributed by atoms with Crippen LogP contribution in [-0.2, 0) is 0 Å². The minimum absolute atomic E-state index is 0.144. The average Bonchev–Trinajstić information content (AvgIpc) is 2.43. The van der Waals surface area contributed by atoms with Crippen molar-refractivity contribution >= 4 is 39.0 Å². The van der Waals surface area contributed by atoms with Crippen LogP contribution < -0.4 is 21.5 Å². The summed E-state index contributed by atoms with van der Waals surface area (Å²) in [6.45, 7) is 0. The summed E-state index contributed by atoms with van der Waals surface area (Å²) in [5, 5.41) is 3.02. The van der Waals surface area contributed by atoms with Gasteiger partial charge < -0.3 is 21.5 Å². The highest BCUT2D eigenvalue weighted by molar-refractivity contribution is 9.10. The number of benzene rings is 1. The predicted molar refractivity (Wildman–Crippen MR) is 81.1 cm³/mol. The Morgan fingerprint density at radius 3 is 2.75 bits per heavy atom. The van der Waals surface area contributed by atoms with Crippen molar-refractivity contribution in [1.82, 2.24) is 4.98 Å². The zero-order valence-corrected chi connectivity index (χ0v) is 12.3. The molecule has 0 atom stereocenters. The van der Waals surface area contributed by atoms with Crippen LogP contribution in [0.15, 0.2) is 34.8 Å². The highest BCUT2D eigenvalue weighted by atomic mass is 79.9. The minimum Gasteiger partial charge on any atom is -0.495 e. The van der Waals surface area contributed by atoms with Crippen molar-refractivity contribution in [2.75, 3.05) is 18.2 Å². The molecule has 0 aliphatic carbocycles. The van der Waals surface area contributed by atoms with E-state index < -0.39 is 5.91 Å².